The second kappa shape index (κ2) is 8.20. The van der Waals surface area contributed by atoms with Gasteiger partial charge in [-0.2, -0.15) is 18.3 Å². The Bertz CT molecular complexity index is 955. The number of halogens is 3. The first-order valence-electron chi connectivity index (χ1n) is 9.43. The summed E-state index contributed by atoms with van der Waals surface area (Å²) in [6.45, 7) is 2.59. The molecule has 2 aliphatic heterocycles. The molecule has 1 N–H and O–H groups in total. The zero-order valence-electron chi connectivity index (χ0n) is 16.1. The van der Waals surface area contributed by atoms with Gasteiger partial charge in [-0.25, -0.2) is 4.68 Å². The number of hydrogen-bond acceptors (Lipinski definition) is 6. The Morgan fingerprint density at radius 2 is 1.87 bits per heavy atom. The van der Waals surface area contributed by atoms with E-state index in [1.54, 1.807) is 30.3 Å². The largest absolute Gasteiger partial charge is 0.435 e. The van der Waals surface area contributed by atoms with Crippen LogP contribution in [0.1, 0.15) is 11.3 Å². The Hall–Kier alpha value is -2.11. The molecule has 4 rings (SSSR count). The average Bonchev–Trinajstić information content (AvgIpc) is 3.23. The number of rotatable bonds is 4. The molecule has 0 aliphatic carbocycles. The van der Waals surface area contributed by atoms with Crippen molar-refractivity contribution < 1.29 is 18.0 Å². The van der Waals surface area contributed by atoms with E-state index >= 15 is 0 Å². The SMILES string of the molecule is CN1CCN(c2c(CC3SC(=S)NC3=O)c(C(F)(F)F)nn2-c2ccccc2)CC1. The summed E-state index contributed by atoms with van der Waals surface area (Å²) in [4.78, 5) is 16.3. The number of amides is 1. The van der Waals surface area contributed by atoms with E-state index in [0.717, 1.165) is 24.9 Å². The normalized spacial score (nSPS) is 20.7. The Morgan fingerprint density at radius 1 is 1.20 bits per heavy atom. The maximum Gasteiger partial charge on any atom is 0.435 e. The van der Waals surface area contributed by atoms with Crippen molar-refractivity contribution in [2.45, 2.75) is 17.8 Å². The second-order valence-corrected chi connectivity index (χ2v) is 9.15. The molecular formula is C19H20F3N5OS2. The average molecular weight is 456 g/mol. The van der Waals surface area contributed by atoms with Gasteiger partial charge in [-0.3, -0.25) is 4.79 Å². The number of likely N-dealkylation sites (N-methyl/N-ethyl adjacent to an activating group) is 1. The van der Waals surface area contributed by atoms with Crippen molar-refractivity contribution in [2.75, 3.05) is 38.1 Å². The van der Waals surface area contributed by atoms with Gasteiger partial charge < -0.3 is 15.1 Å². The fourth-order valence-corrected chi connectivity index (χ4v) is 4.95. The van der Waals surface area contributed by atoms with Gasteiger partial charge in [-0.1, -0.05) is 42.2 Å². The first-order valence-corrected chi connectivity index (χ1v) is 10.7. The lowest BCUT2D eigenvalue weighted by Crippen LogP contribution is -2.45. The molecule has 2 fully saturated rings. The van der Waals surface area contributed by atoms with Crippen molar-refractivity contribution >= 4 is 40.0 Å². The van der Waals surface area contributed by atoms with Crippen molar-refractivity contribution in [3.05, 3.63) is 41.6 Å². The Morgan fingerprint density at radius 3 is 2.43 bits per heavy atom. The first-order chi connectivity index (χ1) is 14.2. The minimum atomic E-state index is -4.64. The molecule has 2 aliphatic rings. The van der Waals surface area contributed by atoms with Gasteiger partial charge in [0.2, 0.25) is 5.91 Å². The smallest absolute Gasteiger partial charge is 0.354 e. The lowest BCUT2D eigenvalue weighted by Gasteiger charge is -2.35. The molecule has 1 aromatic heterocycles. The lowest BCUT2D eigenvalue weighted by molar-refractivity contribution is -0.142. The number of thioether (sulfide) groups is 1. The highest BCUT2D eigenvalue weighted by atomic mass is 32.2. The van der Waals surface area contributed by atoms with Gasteiger partial charge in [0.1, 0.15) is 10.1 Å². The van der Waals surface area contributed by atoms with Gasteiger partial charge in [-0.15, -0.1) is 0 Å². The zero-order chi connectivity index (χ0) is 21.5. The van der Waals surface area contributed by atoms with Gasteiger partial charge in [0.25, 0.3) is 0 Å². The monoisotopic (exact) mass is 455 g/mol. The molecule has 1 amide bonds. The third-order valence-electron chi connectivity index (χ3n) is 5.18. The van der Waals surface area contributed by atoms with Crippen LogP contribution >= 0.6 is 24.0 Å². The quantitative estimate of drug-likeness (QED) is 0.716. The fraction of sp³-hybridized carbons (Fsp3) is 0.421. The van der Waals surface area contributed by atoms with E-state index in [0.29, 0.717) is 24.6 Å². The molecule has 30 heavy (non-hydrogen) atoms. The van der Waals surface area contributed by atoms with Crippen LogP contribution in [-0.4, -0.2) is 63.4 Å². The van der Waals surface area contributed by atoms with Crippen molar-refractivity contribution in [3.8, 4) is 5.69 Å². The molecule has 0 bridgehead atoms. The summed E-state index contributed by atoms with van der Waals surface area (Å²) in [6, 6.07) is 8.77. The molecule has 6 nitrogen and oxygen atoms in total. The van der Waals surface area contributed by atoms with Gasteiger partial charge in [0.05, 0.1) is 10.9 Å². The van der Waals surface area contributed by atoms with E-state index in [2.05, 4.69) is 15.3 Å². The lowest BCUT2D eigenvalue weighted by atomic mass is 10.1. The van der Waals surface area contributed by atoms with Crippen LogP contribution in [0.2, 0.25) is 0 Å². The first kappa shape index (κ1) is 21.1. The summed E-state index contributed by atoms with van der Waals surface area (Å²) in [5, 5.41) is 5.80. The molecule has 2 saturated heterocycles. The number of piperazine rings is 1. The maximum absolute atomic E-state index is 14.0. The Balaban J connectivity index is 1.85. The maximum atomic E-state index is 14.0. The van der Waals surface area contributed by atoms with Crippen molar-refractivity contribution in [1.82, 2.24) is 20.0 Å². The predicted molar refractivity (Wildman–Crippen MR) is 114 cm³/mol. The fourth-order valence-electron chi connectivity index (χ4n) is 3.66. The molecule has 11 heteroatoms. The molecule has 3 heterocycles. The van der Waals surface area contributed by atoms with Gasteiger partial charge in [0, 0.05) is 31.7 Å². The topological polar surface area (TPSA) is 53.4 Å². The van der Waals surface area contributed by atoms with Crippen molar-refractivity contribution in [2.24, 2.45) is 0 Å². The zero-order valence-corrected chi connectivity index (χ0v) is 17.8. The molecule has 0 radical (unpaired) electrons. The summed E-state index contributed by atoms with van der Waals surface area (Å²) in [6.07, 6.45) is -4.74. The number of hydrogen-bond donors (Lipinski definition) is 1. The van der Waals surface area contributed by atoms with Crippen LogP contribution in [-0.2, 0) is 17.4 Å². The van der Waals surface area contributed by atoms with Gasteiger partial charge in [-0.05, 0) is 25.6 Å². The van der Waals surface area contributed by atoms with E-state index in [9.17, 15) is 18.0 Å². The Kier molecular flexibility index (Phi) is 5.78. The summed E-state index contributed by atoms with van der Waals surface area (Å²) in [7, 11) is 1.98. The van der Waals surface area contributed by atoms with Crippen LogP contribution in [0.3, 0.4) is 0 Å². The molecule has 1 atom stereocenters. The van der Waals surface area contributed by atoms with Crippen LogP contribution in [0.15, 0.2) is 30.3 Å². The minimum Gasteiger partial charge on any atom is -0.354 e. The highest BCUT2D eigenvalue weighted by Crippen LogP contribution is 2.40. The van der Waals surface area contributed by atoms with Crippen molar-refractivity contribution in [1.29, 1.82) is 0 Å². The number of thiocarbonyl (C=S) groups is 1. The number of nitrogens with zero attached hydrogens (tertiary/aromatic N) is 4. The third kappa shape index (κ3) is 4.19. The predicted octanol–water partition coefficient (Wildman–Crippen LogP) is 2.70. The van der Waals surface area contributed by atoms with Crippen LogP contribution in [0.5, 0.6) is 0 Å². The molecule has 1 unspecified atom stereocenters. The second-order valence-electron chi connectivity index (χ2n) is 7.27. The van der Waals surface area contributed by atoms with E-state index in [1.165, 1.54) is 4.68 Å². The highest BCUT2D eigenvalue weighted by molar-refractivity contribution is 8.24. The molecule has 1 aromatic carbocycles. The summed E-state index contributed by atoms with van der Waals surface area (Å²) in [5.74, 6) is 0.0303. The van der Waals surface area contributed by atoms with E-state index in [4.69, 9.17) is 12.2 Å². The number of carbonyl (C=O) groups excluding carboxylic acids is 1. The molecule has 2 aromatic rings. The minimum absolute atomic E-state index is 0.0354. The Labute approximate surface area is 181 Å². The van der Waals surface area contributed by atoms with Gasteiger partial charge in [0.15, 0.2) is 5.69 Å². The van der Waals surface area contributed by atoms with Crippen LogP contribution < -0.4 is 10.2 Å². The number of alkyl halides is 3. The molecule has 160 valence electrons. The summed E-state index contributed by atoms with van der Waals surface area (Å²) >= 11 is 6.11. The molecule has 0 saturated carbocycles. The number of aromatic nitrogens is 2. The number of nitrogens with one attached hydrogen (secondary N) is 1. The van der Waals surface area contributed by atoms with Crippen LogP contribution in [0.25, 0.3) is 5.69 Å². The third-order valence-corrected chi connectivity index (χ3v) is 6.56. The summed E-state index contributed by atoms with van der Waals surface area (Å²) in [5.41, 5.74) is -0.373. The highest BCUT2D eigenvalue weighted by Gasteiger charge is 2.43. The molecular weight excluding hydrogens is 435 g/mol. The van der Waals surface area contributed by atoms with Crippen LogP contribution in [0, 0.1) is 0 Å². The van der Waals surface area contributed by atoms with Crippen molar-refractivity contribution in [3.63, 3.8) is 0 Å². The number of anilines is 1. The number of carbonyl (C=O) groups is 1. The van der Waals surface area contributed by atoms with Gasteiger partial charge >= 0.3 is 6.18 Å². The van der Waals surface area contributed by atoms with Crippen LogP contribution in [0.4, 0.5) is 19.0 Å². The van der Waals surface area contributed by atoms with E-state index in [-0.39, 0.29) is 22.2 Å². The number of para-hydroxylation sites is 1. The standard InChI is InChI=1S/C19H20F3N5OS2/c1-25-7-9-26(10-8-25)17-13(11-14-16(28)23-18(29)30-14)15(19(20,21)22)24-27(17)12-5-3-2-4-6-12/h2-6,14H,7-11H2,1H3,(H,23,28,29). The number of benzene rings is 1. The molecule has 0 spiro atoms. The van der Waals surface area contributed by atoms with E-state index < -0.39 is 17.1 Å². The van der Waals surface area contributed by atoms with E-state index in [1.807, 2.05) is 11.9 Å². The summed E-state index contributed by atoms with van der Waals surface area (Å²) < 4.78 is 43.6.